The second-order valence-electron chi connectivity index (χ2n) is 5.45. The van der Waals surface area contributed by atoms with E-state index in [1.54, 1.807) is 0 Å². The van der Waals surface area contributed by atoms with Gasteiger partial charge in [-0.3, -0.25) is 14.3 Å². The average molecular weight is 271 g/mol. The van der Waals surface area contributed by atoms with Crippen molar-refractivity contribution in [1.29, 1.82) is 0 Å². The SMILES string of the molecule is CCc1nc2ccccc2c(=O)n1CN1CCCCC1. The predicted octanol–water partition coefficient (Wildman–Crippen LogP) is 2.40. The van der Waals surface area contributed by atoms with E-state index in [1.807, 2.05) is 28.8 Å². The summed E-state index contributed by atoms with van der Waals surface area (Å²) in [4.78, 5) is 19.7. The molecule has 3 rings (SSSR count). The van der Waals surface area contributed by atoms with Gasteiger partial charge in [-0.05, 0) is 38.1 Å². The number of hydrogen-bond acceptors (Lipinski definition) is 3. The van der Waals surface area contributed by atoms with Crippen LogP contribution in [0.1, 0.15) is 32.0 Å². The fourth-order valence-corrected chi connectivity index (χ4v) is 2.93. The quantitative estimate of drug-likeness (QED) is 0.860. The first-order valence-corrected chi connectivity index (χ1v) is 7.50. The van der Waals surface area contributed by atoms with E-state index in [4.69, 9.17) is 0 Å². The Labute approximate surface area is 119 Å². The highest BCUT2D eigenvalue weighted by molar-refractivity contribution is 5.77. The van der Waals surface area contributed by atoms with Crippen LogP contribution in [0.4, 0.5) is 0 Å². The van der Waals surface area contributed by atoms with Crippen molar-refractivity contribution in [3.63, 3.8) is 0 Å². The van der Waals surface area contributed by atoms with Gasteiger partial charge in [0.2, 0.25) is 0 Å². The average Bonchev–Trinajstić information content (AvgIpc) is 2.51. The number of aromatic nitrogens is 2. The zero-order chi connectivity index (χ0) is 13.9. The van der Waals surface area contributed by atoms with E-state index in [0.717, 1.165) is 36.2 Å². The molecule has 0 N–H and O–H groups in total. The predicted molar refractivity (Wildman–Crippen MR) is 80.8 cm³/mol. The molecule has 1 fully saturated rings. The van der Waals surface area contributed by atoms with Crippen LogP contribution in [0.3, 0.4) is 0 Å². The number of hydrogen-bond donors (Lipinski definition) is 0. The van der Waals surface area contributed by atoms with Crippen LogP contribution in [0.5, 0.6) is 0 Å². The van der Waals surface area contributed by atoms with Gasteiger partial charge in [-0.1, -0.05) is 25.5 Å². The van der Waals surface area contributed by atoms with Gasteiger partial charge in [0, 0.05) is 6.42 Å². The maximum Gasteiger partial charge on any atom is 0.262 e. The molecule has 1 aromatic carbocycles. The molecule has 1 aliphatic rings. The van der Waals surface area contributed by atoms with E-state index >= 15 is 0 Å². The fraction of sp³-hybridized carbons (Fsp3) is 0.500. The van der Waals surface area contributed by atoms with E-state index < -0.39 is 0 Å². The van der Waals surface area contributed by atoms with Gasteiger partial charge in [-0.15, -0.1) is 0 Å². The molecule has 2 heterocycles. The summed E-state index contributed by atoms with van der Waals surface area (Å²) >= 11 is 0. The van der Waals surface area contributed by atoms with Crippen molar-refractivity contribution >= 4 is 10.9 Å². The Morgan fingerprint density at radius 2 is 1.90 bits per heavy atom. The highest BCUT2D eigenvalue weighted by atomic mass is 16.1. The minimum Gasteiger partial charge on any atom is -0.286 e. The lowest BCUT2D eigenvalue weighted by atomic mass is 10.1. The van der Waals surface area contributed by atoms with Crippen LogP contribution in [-0.2, 0) is 13.1 Å². The van der Waals surface area contributed by atoms with Gasteiger partial charge in [-0.2, -0.15) is 0 Å². The highest BCUT2D eigenvalue weighted by Gasteiger charge is 2.15. The van der Waals surface area contributed by atoms with Crippen LogP contribution in [0.15, 0.2) is 29.1 Å². The van der Waals surface area contributed by atoms with Crippen LogP contribution in [0.2, 0.25) is 0 Å². The van der Waals surface area contributed by atoms with Gasteiger partial charge in [0.15, 0.2) is 0 Å². The summed E-state index contributed by atoms with van der Waals surface area (Å²) in [6.07, 6.45) is 4.56. The third-order valence-electron chi connectivity index (χ3n) is 4.05. The van der Waals surface area contributed by atoms with E-state index in [-0.39, 0.29) is 5.56 Å². The Kier molecular flexibility index (Phi) is 3.83. The van der Waals surface area contributed by atoms with Gasteiger partial charge in [0.05, 0.1) is 17.6 Å². The summed E-state index contributed by atoms with van der Waals surface area (Å²) in [6.45, 7) is 4.91. The van der Waals surface area contributed by atoms with Crippen molar-refractivity contribution in [3.8, 4) is 0 Å². The van der Waals surface area contributed by atoms with Gasteiger partial charge < -0.3 is 0 Å². The number of piperidine rings is 1. The number of fused-ring (bicyclic) bond motifs is 1. The lowest BCUT2D eigenvalue weighted by Crippen LogP contribution is -2.37. The molecule has 4 nitrogen and oxygen atoms in total. The lowest BCUT2D eigenvalue weighted by Gasteiger charge is -2.27. The summed E-state index contributed by atoms with van der Waals surface area (Å²) in [5.74, 6) is 0.888. The summed E-state index contributed by atoms with van der Waals surface area (Å²) in [7, 11) is 0. The molecule has 0 aliphatic carbocycles. The smallest absolute Gasteiger partial charge is 0.262 e. The first-order chi connectivity index (χ1) is 9.79. The summed E-state index contributed by atoms with van der Waals surface area (Å²) in [6, 6.07) is 7.63. The van der Waals surface area contributed by atoms with Gasteiger partial charge in [0.25, 0.3) is 5.56 Å². The van der Waals surface area contributed by atoms with E-state index in [0.29, 0.717) is 6.67 Å². The van der Waals surface area contributed by atoms with Crippen LogP contribution >= 0.6 is 0 Å². The van der Waals surface area contributed by atoms with E-state index in [1.165, 1.54) is 19.3 Å². The lowest BCUT2D eigenvalue weighted by molar-refractivity contribution is 0.177. The molecule has 0 spiro atoms. The molecule has 106 valence electrons. The first-order valence-electron chi connectivity index (χ1n) is 7.50. The number of para-hydroxylation sites is 1. The third kappa shape index (κ3) is 2.48. The number of benzene rings is 1. The van der Waals surface area contributed by atoms with Crippen LogP contribution in [-0.4, -0.2) is 27.5 Å². The van der Waals surface area contributed by atoms with Crippen molar-refractivity contribution in [1.82, 2.24) is 14.5 Å². The molecular weight excluding hydrogens is 250 g/mol. The summed E-state index contributed by atoms with van der Waals surface area (Å²) in [5.41, 5.74) is 0.905. The Hall–Kier alpha value is -1.68. The van der Waals surface area contributed by atoms with Crippen LogP contribution < -0.4 is 5.56 Å². The monoisotopic (exact) mass is 271 g/mol. The van der Waals surface area contributed by atoms with Crippen LogP contribution in [0.25, 0.3) is 10.9 Å². The van der Waals surface area contributed by atoms with Gasteiger partial charge in [-0.25, -0.2) is 4.98 Å². The number of likely N-dealkylation sites (tertiary alicyclic amines) is 1. The summed E-state index contributed by atoms with van der Waals surface area (Å²) in [5, 5.41) is 0.724. The zero-order valence-electron chi connectivity index (χ0n) is 12.0. The molecule has 1 saturated heterocycles. The normalized spacial score (nSPS) is 16.6. The largest absolute Gasteiger partial charge is 0.286 e. The summed E-state index contributed by atoms with van der Waals surface area (Å²) < 4.78 is 1.85. The minimum absolute atomic E-state index is 0.0954. The molecule has 0 unspecified atom stereocenters. The first kappa shape index (κ1) is 13.3. The maximum atomic E-state index is 12.7. The minimum atomic E-state index is 0.0954. The molecule has 0 bridgehead atoms. The Morgan fingerprint density at radius 1 is 1.15 bits per heavy atom. The Bertz CT molecular complexity index is 656. The van der Waals surface area contributed by atoms with Crippen molar-refractivity contribution < 1.29 is 0 Å². The Morgan fingerprint density at radius 3 is 2.65 bits per heavy atom. The molecule has 1 aliphatic heterocycles. The van der Waals surface area contributed by atoms with Gasteiger partial charge >= 0.3 is 0 Å². The molecule has 0 radical (unpaired) electrons. The fourth-order valence-electron chi connectivity index (χ4n) is 2.93. The third-order valence-corrected chi connectivity index (χ3v) is 4.05. The zero-order valence-corrected chi connectivity index (χ0v) is 12.0. The van der Waals surface area contributed by atoms with Crippen molar-refractivity contribution in [2.45, 2.75) is 39.3 Å². The van der Waals surface area contributed by atoms with Crippen molar-refractivity contribution in [2.75, 3.05) is 13.1 Å². The molecule has 20 heavy (non-hydrogen) atoms. The maximum absolute atomic E-state index is 12.7. The van der Waals surface area contributed by atoms with Crippen LogP contribution in [0, 0.1) is 0 Å². The highest BCUT2D eigenvalue weighted by Crippen LogP contribution is 2.12. The molecule has 4 heteroatoms. The topological polar surface area (TPSA) is 38.1 Å². The second-order valence-corrected chi connectivity index (χ2v) is 5.45. The molecule has 0 atom stereocenters. The standard InChI is InChI=1S/C16H21N3O/c1-2-15-17-14-9-5-4-8-13(14)16(20)19(15)12-18-10-6-3-7-11-18/h4-5,8-9H,2-3,6-7,10-12H2,1H3. The van der Waals surface area contributed by atoms with Gasteiger partial charge in [0.1, 0.15) is 5.82 Å². The van der Waals surface area contributed by atoms with E-state index in [2.05, 4.69) is 16.8 Å². The molecule has 1 aromatic heterocycles. The van der Waals surface area contributed by atoms with E-state index in [9.17, 15) is 4.79 Å². The number of rotatable bonds is 3. The number of nitrogens with zero attached hydrogens (tertiary/aromatic N) is 3. The molecular formula is C16H21N3O. The van der Waals surface area contributed by atoms with Crippen molar-refractivity contribution in [2.24, 2.45) is 0 Å². The molecule has 0 amide bonds. The molecule has 0 saturated carbocycles. The van der Waals surface area contributed by atoms with Crippen molar-refractivity contribution in [3.05, 3.63) is 40.4 Å². The number of aryl methyl sites for hydroxylation is 1. The Balaban J connectivity index is 2.03. The second kappa shape index (κ2) is 5.75. The molecule has 2 aromatic rings.